The van der Waals surface area contributed by atoms with Gasteiger partial charge < -0.3 is 15.1 Å². The van der Waals surface area contributed by atoms with Crippen molar-refractivity contribution in [1.82, 2.24) is 24.4 Å². The van der Waals surface area contributed by atoms with Crippen molar-refractivity contribution in [3.63, 3.8) is 0 Å². The minimum Gasteiger partial charge on any atom is -0.383 e. The molecule has 11 nitrogen and oxygen atoms in total. The summed E-state index contributed by atoms with van der Waals surface area (Å²) in [7, 11) is -4.03. The molecule has 3 aliphatic rings. The van der Waals surface area contributed by atoms with Crippen molar-refractivity contribution in [3.8, 4) is 16.9 Å². The summed E-state index contributed by atoms with van der Waals surface area (Å²) in [5.74, 6) is -2.33. The second-order valence-electron chi connectivity index (χ2n) is 12.1. The molecule has 0 atom stereocenters. The number of aromatic nitrogens is 4. The van der Waals surface area contributed by atoms with Gasteiger partial charge in [-0.25, -0.2) is 31.5 Å². The summed E-state index contributed by atoms with van der Waals surface area (Å²) in [4.78, 5) is 42.8. The van der Waals surface area contributed by atoms with Gasteiger partial charge in [0.25, 0.3) is 0 Å². The summed E-state index contributed by atoms with van der Waals surface area (Å²) < 4.78 is 60.2. The zero-order valence-corrected chi connectivity index (χ0v) is 25.4. The number of rotatable bonds is 3. The zero-order chi connectivity index (χ0) is 31.8. The number of nitrogens with zero attached hydrogens (tertiary/aromatic N) is 6. The quantitative estimate of drug-likeness (QED) is 0.338. The lowest BCUT2D eigenvalue weighted by Gasteiger charge is -2.60. The van der Waals surface area contributed by atoms with Crippen molar-refractivity contribution in [1.29, 1.82) is 0 Å². The van der Waals surface area contributed by atoms with E-state index in [1.807, 2.05) is 18.7 Å². The summed E-state index contributed by atoms with van der Waals surface area (Å²) in [5, 5.41) is 3.09. The molecule has 6 heterocycles. The molecule has 0 unspecified atom stereocenters. The van der Waals surface area contributed by atoms with Gasteiger partial charge >= 0.3 is 5.69 Å². The van der Waals surface area contributed by atoms with Gasteiger partial charge in [-0.15, -0.1) is 0 Å². The van der Waals surface area contributed by atoms with Crippen LogP contribution < -0.4 is 15.9 Å². The second kappa shape index (κ2) is 10.2. The third-order valence-electron chi connectivity index (χ3n) is 8.65. The van der Waals surface area contributed by atoms with Crippen LogP contribution in [0.15, 0.2) is 58.9 Å². The summed E-state index contributed by atoms with van der Waals surface area (Å²) in [5.41, 5.74) is -1.20. The summed E-state index contributed by atoms with van der Waals surface area (Å²) in [6, 6.07) is 6.60. The Hall–Kier alpha value is -4.72. The molecule has 3 aromatic heterocycles. The van der Waals surface area contributed by atoms with Gasteiger partial charge in [-0.05, 0) is 36.3 Å². The highest BCUT2D eigenvalue weighted by Gasteiger charge is 2.53. The van der Waals surface area contributed by atoms with Crippen LogP contribution in [0.25, 0.3) is 28.0 Å². The van der Waals surface area contributed by atoms with Crippen molar-refractivity contribution in [2.24, 2.45) is 5.41 Å². The first-order chi connectivity index (χ1) is 21.4. The van der Waals surface area contributed by atoms with E-state index in [0.717, 1.165) is 16.7 Å². The third-order valence-corrected chi connectivity index (χ3v) is 10.4. The predicted molar refractivity (Wildman–Crippen MR) is 164 cm³/mol. The van der Waals surface area contributed by atoms with Crippen molar-refractivity contribution in [3.05, 3.63) is 77.0 Å². The van der Waals surface area contributed by atoms with Gasteiger partial charge in [0.2, 0.25) is 5.91 Å². The van der Waals surface area contributed by atoms with Crippen LogP contribution in [0.2, 0.25) is 0 Å². The van der Waals surface area contributed by atoms with E-state index in [-0.39, 0.29) is 68.2 Å². The van der Waals surface area contributed by atoms with E-state index >= 15 is 8.78 Å². The number of amides is 1. The number of anilines is 2. The minimum atomic E-state index is -4.03. The van der Waals surface area contributed by atoms with Gasteiger partial charge in [-0.1, -0.05) is 26.5 Å². The summed E-state index contributed by atoms with van der Waals surface area (Å²) >= 11 is 0. The van der Waals surface area contributed by atoms with E-state index in [9.17, 15) is 18.0 Å². The Morgan fingerprint density at radius 1 is 1.11 bits per heavy atom. The topological polar surface area (TPSA) is 130 Å². The molecular weight excluding hydrogens is 604 g/mol. The average Bonchev–Trinajstić information content (AvgIpc) is 2.95. The highest BCUT2D eigenvalue weighted by Crippen LogP contribution is 2.44. The van der Waals surface area contributed by atoms with Gasteiger partial charge in [-0.2, -0.15) is 4.98 Å². The maximum Gasteiger partial charge on any atom is 0.355 e. The number of halogens is 2. The number of benzene rings is 1. The smallest absolute Gasteiger partial charge is 0.355 e. The molecule has 14 heteroatoms. The summed E-state index contributed by atoms with van der Waals surface area (Å²) in [6.07, 6.45) is 2.64. The molecule has 2 bridgehead atoms. The van der Waals surface area contributed by atoms with E-state index in [2.05, 4.69) is 26.8 Å². The number of carbonyl (C=O) groups excluding carboxylic acids is 1. The molecule has 1 N–H and O–H groups in total. The Morgan fingerprint density at radius 3 is 2.58 bits per heavy atom. The number of hydrogen-bond donors (Lipinski definition) is 1. The number of sulfone groups is 1. The van der Waals surface area contributed by atoms with Crippen LogP contribution in [0.3, 0.4) is 0 Å². The first-order valence-corrected chi connectivity index (χ1v) is 16.1. The Balaban J connectivity index is 1.51. The van der Waals surface area contributed by atoms with Crippen molar-refractivity contribution < 1.29 is 22.0 Å². The molecule has 45 heavy (non-hydrogen) atoms. The molecule has 232 valence electrons. The number of hydrogen-bond acceptors (Lipinski definition) is 9. The molecule has 2 fully saturated rings. The third kappa shape index (κ3) is 4.49. The molecule has 0 saturated carbocycles. The van der Waals surface area contributed by atoms with E-state index in [0.29, 0.717) is 31.9 Å². The summed E-state index contributed by atoms with van der Waals surface area (Å²) in [6.45, 7) is 8.96. The number of pyridine rings is 2. The average molecular weight is 634 g/mol. The Kier molecular flexibility index (Phi) is 6.55. The molecule has 2 saturated heterocycles. The van der Waals surface area contributed by atoms with E-state index < -0.39 is 32.9 Å². The van der Waals surface area contributed by atoms with Gasteiger partial charge in [0, 0.05) is 50.0 Å². The molecule has 4 aromatic rings. The molecule has 3 aliphatic heterocycles. The highest BCUT2D eigenvalue weighted by molar-refractivity contribution is 7.91. The molecule has 7 rings (SSSR count). The van der Waals surface area contributed by atoms with Crippen LogP contribution >= 0.6 is 0 Å². The second-order valence-corrected chi connectivity index (χ2v) is 14.2. The van der Waals surface area contributed by atoms with Crippen molar-refractivity contribution in [2.75, 3.05) is 48.7 Å². The molecule has 1 aromatic carbocycles. The molecule has 1 spiro atoms. The van der Waals surface area contributed by atoms with Gasteiger partial charge in [0.1, 0.15) is 17.3 Å². The van der Waals surface area contributed by atoms with Crippen LogP contribution in [0.1, 0.15) is 25.5 Å². The van der Waals surface area contributed by atoms with Crippen LogP contribution in [-0.4, -0.2) is 77.2 Å². The first-order valence-electron chi connectivity index (χ1n) is 14.5. The molecule has 0 radical (unpaired) electrons. The standard InChI is InChI=1S/C31H29F2N7O4S/c1-4-23(41)38-13-31(14-38)15-39(16-31)28-18-12-20(33)26-24-19(32)6-5-7-21(24)34-10-11-45(43,44)22-8-9-35-25(17(2)3)27(22)40(29(18)36-26)30(42)37-28/h4-9,12,17,34H,1,10-11,13-16H2,2-3H3. The fourth-order valence-corrected chi connectivity index (χ4v) is 7.93. The van der Waals surface area contributed by atoms with Crippen LogP contribution in [0.4, 0.5) is 20.3 Å². The lowest BCUT2D eigenvalue weighted by Crippen LogP contribution is -2.73. The van der Waals surface area contributed by atoms with E-state index in [1.165, 1.54) is 30.5 Å². The Morgan fingerprint density at radius 2 is 1.87 bits per heavy atom. The SMILES string of the molecule is C=CC(=O)N1CC2(C1)CN(c1nc(=O)n3c4nc(c(F)cc14)-c1c(F)cccc1NCCS(=O)(=O)c1ccnc(C(C)C)c1-3)C2. The fourth-order valence-electron chi connectivity index (χ4n) is 6.58. The maximum absolute atomic E-state index is 16.1. The van der Waals surface area contributed by atoms with E-state index in [1.54, 1.807) is 4.90 Å². The number of fused-ring (bicyclic) bond motifs is 5. The Labute approximate surface area is 257 Å². The lowest BCUT2D eigenvalue weighted by atomic mass is 9.72. The number of nitrogens with one attached hydrogen (secondary N) is 1. The fraction of sp³-hybridized carbons (Fsp3) is 0.323. The monoisotopic (exact) mass is 633 g/mol. The van der Waals surface area contributed by atoms with Crippen LogP contribution in [0, 0.1) is 17.0 Å². The zero-order valence-electron chi connectivity index (χ0n) is 24.5. The maximum atomic E-state index is 16.1. The normalized spacial score (nSPS) is 17.9. The minimum absolute atomic E-state index is 0.0152. The van der Waals surface area contributed by atoms with Gasteiger partial charge in [0.05, 0.1) is 33.0 Å². The molecular formula is C31H29F2N7O4S. The highest BCUT2D eigenvalue weighted by atomic mass is 32.2. The number of carbonyl (C=O) groups is 1. The lowest BCUT2D eigenvalue weighted by molar-refractivity contribution is -0.139. The predicted octanol–water partition coefficient (Wildman–Crippen LogP) is 3.28. The molecule has 0 aliphatic carbocycles. The van der Waals surface area contributed by atoms with Crippen LogP contribution in [-0.2, 0) is 14.6 Å². The van der Waals surface area contributed by atoms with Gasteiger partial charge in [-0.3, -0.25) is 9.78 Å². The van der Waals surface area contributed by atoms with Crippen molar-refractivity contribution in [2.45, 2.75) is 24.7 Å². The first kappa shape index (κ1) is 29.0. The largest absolute Gasteiger partial charge is 0.383 e. The Bertz CT molecular complexity index is 2100. The molecule has 1 amide bonds. The number of likely N-dealkylation sites (tertiary alicyclic amines) is 1. The van der Waals surface area contributed by atoms with Crippen LogP contribution in [0.5, 0.6) is 0 Å². The van der Waals surface area contributed by atoms with Crippen molar-refractivity contribution >= 4 is 38.3 Å². The van der Waals surface area contributed by atoms with E-state index in [4.69, 9.17) is 0 Å². The van der Waals surface area contributed by atoms with Gasteiger partial charge in [0.15, 0.2) is 21.3 Å².